The average molecular weight is 167 g/mol. The molecule has 0 unspecified atom stereocenters. The maximum absolute atomic E-state index is 0. The molecular formula is H4B2Cl4. The van der Waals surface area contributed by atoms with Gasteiger partial charge in [0.1, 0.15) is 0 Å². The Morgan fingerprint density at radius 3 is 0.333 bits per heavy atom. The van der Waals surface area contributed by atoms with E-state index in [4.69, 9.17) is 0 Å². The second-order valence-corrected chi connectivity index (χ2v) is 0. The summed E-state index contributed by atoms with van der Waals surface area (Å²) in [5, 5.41) is 0. The zero-order valence-electron chi connectivity index (χ0n) is 2.79. The summed E-state index contributed by atoms with van der Waals surface area (Å²) < 4.78 is 0. The summed E-state index contributed by atoms with van der Waals surface area (Å²) in [6.45, 7) is 0. The number of hydrogen-bond acceptors (Lipinski definition) is 0. The zero-order chi connectivity index (χ0) is 0. The van der Waals surface area contributed by atoms with E-state index in [1.165, 1.54) is 0 Å². The summed E-state index contributed by atoms with van der Waals surface area (Å²) >= 11 is 0. The summed E-state index contributed by atoms with van der Waals surface area (Å²) in [6, 6.07) is 0. The molecule has 0 atom stereocenters. The highest BCUT2D eigenvalue weighted by Crippen LogP contribution is 0.693. The van der Waals surface area contributed by atoms with Crippen LogP contribution in [-0.2, 0) is 0 Å². The Labute approximate surface area is 66.6 Å². The van der Waals surface area contributed by atoms with Gasteiger partial charge in [-0.3, -0.25) is 0 Å². The van der Waals surface area contributed by atoms with Crippen molar-refractivity contribution >= 4 is 66.5 Å². The first-order chi connectivity index (χ1) is 0. The molecule has 0 aliphatic carbocycles. The number of rotatable bonds is 0. The van der Waals surface area contributed by atoms with Crippen LogP contribution in [-0.4, -0.2) is 16.8 Å². The Bertz CT molecular complexity index is 5.51. The van der Waals surface area contributed by atoms with Gasteiger partial charge in [-0.1, -0.05) is 0 Å². The van der Waals surface area contributed by atoms with Crippen molar-refractivity contribution in [1.82, 2.24) is 0 Å². The second-order valence-electron chi connectivity index (χ2n) is 0. The third kappa shape index (κ3) is 58.5. The van der Waals surface area contributed by atoms with E-state index in [9.17, 15) is 0 Å². The summed E-state index contributed by atoms with van der Waals surface area (Å²) in [5.74, 6) is 0. The molecule has 0 bridgehead atoms. The molecule has 0 amide bonds. The molecule has 0 aliphatic heterocycles. The van der Waals surface area contributed by atoms with E-state index in [-0.39, 0.29) is 66.5 Å². The summed E-state index contributed by atoms with van der Waals surface area (Å²) in [4.78, 5) is 0. The van der Waals surface area contributed by atoms with Gasteiger partial charge in [-0.25, -0.2) is 0 Å². The molecule has 0 N–H and O–H groups in total. The van der Waals surface area contributed by atoms with Crippen LogP contribution in [0.1, 0.15) is 0 Å². The minimum atomic E-state index is 0. The Morgan fingerprint density at radius 1 is 0.333 bits per heavy atom. The summed E-state index contributed by atoms with van der Waals surface area (Å²) in [5.41, 5.74) is 0. The van der Waals surface area contributed by atoms with Crippen LogP contribution in [0.25, 0.3) is 0 Å². The van der Waals surface area contributed by atoms with Gasteiger partial charge in [0.05, 0.1) is 0 Å². The zero-order valence-corrected chi connectivity index (χ0v) is 6.05. The second kappa shape index (κ2) is 106. The molecule has 0 heterocycles. The average Bonchev–Trinajstić information content (AvgIpc) is 0. The fourth-order valence-corrected chi connectivity index (χ4v) is 0. The predicted molar refractivity (Wildman–Crippen MR) is 40.5 cm³/mol. The van der Waals surface area contributed by atoms with Gasteiger partial charge in [-0.15, -0.1) is 49.6 Å². The maximum atomic E-state index is 0. The van der Waals surface area contributed by atoms with Crippen LogP contribution in [0, 0.1) is 0 Å². The molecule has 0 aliphatic rings. The molecule has 0 rings (SSSR count). The molecule has 6 radical (unpaired) electrons. The molecule has 0 aromatic heterocycles. The summed E-state index contributed by atoms with van der Waals surface area (Å²) in [6.07, 6.45) is 0. The lowest BCUT2D eigenvalue weighted by Gasteiger charge is -0.148. The molecular weight excluding hydrogens is 163 g/mol. The molecule has 0 aromatic carbocycles. The van der Waals surface area contributed by atoms with E-state index in [0.29, 0.717) is 0 Å². The minimum Gasteiger partial charge on any atom is -0.147 e. The van der Waals surface area contributed by atoms with Crippen molar-refractivity contribution in [1.29, 1.82) is 0 Å². The van der Waals surface area contributed by atoms with Gasteiger partial charge in [-0.2, -0.15) is 0 Å². The van der Waals surface area contributed by atoms with Crippen molar-refractivity contribution in [3.8, 4) is 0 Å². The standard InChI is InChI=1S/2B.4ClH/h;;4*1H. The highest BCUT2D eigenvalue weighted by Gasteiger charge is 0.00106. The van der Waals surface area contributed by atoms with Gasteiger partial charge in [0.15, 0.2) is 0 Å². The molecule has 0 saturated carbocycles. The Kier molecular flexibility index (Phi) is 3060. The third-order valence-electron chi connectivity index (χ3n) is 0. The first kappa shape index (κ1) is 173. The lowest BCUT2D eigenvalue weighted by molar-refractivity contribution is 5.75. The minimum absolute atomic E-state index is 0. The lowest BCUT2D eigenvalue weighted by atomic mass is 10.8. The van der Waals surface area contributed by atoms with E-state index in [1.807, 2.05) is 0 Å². The van der Waals surface area contributed by atoms with Gasteiger partial charge in [-0.05, 0) is 0 Å². The molecule has 38 valence electrons. The van der Waals surface area contributed by atoms with Crippen molar-refractivity contribution < 1.29 is 0 Å². The largest absolute Gasteiger partial charge is 0.147 e. The van der Waals surface area contributed by atoms with Gasteiger partial charge in [0, 0.05) is 16.8 Å². The van der Waals surface area contributed by atoms with Crippen LogP contribution in [0.2, 0.25) is 0 Å². The fraction of sp³-hybridized carbons (Fsp3) is 0. The summed E-state index contributed by atoms with van der Waals surface area (Å²) in [7, 11) is 0. The van der Waals surface area contributed by atoms with E-state index in [1.54, 1.807) is 0 Å². The van der Waals surface area contributed by atoms with Crippen LogP contribution in [0.15, 0.2) is 0 Å². The van der Waals surface area contributed by atoms with Crippen molar-refractivity contribution in [2.45, 2.75) is 0 Å². The third-order valence-corrected chi connectivity index (χ3v) is 0. The topological polar surface area (TPSA) is 0 Å². The smallest absolute Gasteiger partial charge is 0 e. The number of halogens is 4. The first-order valence-corrected chi connectivity index (χ1v) is 0. The molecule has 6 heteroatoms. The Morgan fingerprint density at radius 2 is 0.333 bits per heavy atom. The molecule has 0 nitrogen and oxygen atoms in total. The van der Waals surface area contributed by atoms with E-state index < -0.39 is 0 Å². The van der Waals surface area contributed by atoms with Crippen molar-refractivity contribution in [3.05, 3.63) is 0 Å². The SMILES string of the molecule is Cl.Cl.Cl.Cl.[B].[B]. The van der Waals surface area contributed by atoms with Crippen LogP contribution >= 0.6 is 49.6 Å². The van der Waals surface area contributed by atoms with Crippen molar-refractivity contribution in [3.63, 3.8) is 0 Å². The molecule has 6 heavy (non-hydrogen) atoms. The van der Waals surface area contributed by atoms with Gasteiger partial charge < -0.3 is 0 Å². The van der Waals surface area contributed by atoms with Gasteiger partial charge >= 0.3 is 0 Å². The van der Waals surface area contributed by atoms with E-state index in [2.05, 4.69) is 0 Å². The van der Waals surface area contributed by atoms with Gasteiger partial charge in [0.2, 0.25) is 0 Å². The van der Waals surface area contributed by atoms with Crippen LogP contribution < -0.4 is 0 Å². The predicted octanol–water partition coefficient (Wildman–Crippen LogP) is 0.926. The highest BCUT2D eigenvalue weighted by atomic mass is 35.5. The maximum Gasteiger partial charge on any atom is 0 e. The van der Waals surface area contributed by atoms with Crippen LogP contribution in [0.3, 0.4) is 0 Å². The first-order valence-electron chi connectivity index (χ1n) is 0. The number of hydrogen-bond donors (Lipinski definition) is 0. The normalized spacial score (nSPS) is 0. The molecule has 0 aromatic rings. The van der Waals surface area contributed by atoms with E-state index >= 15 is 0 Å². The van der Waals surface area contributed by atoms with Crippen LogP contribution in [0.5, 0.6) is 0 Å². The molecule has 0 saturated heterocycles. The fourth-order valence-electron chi connectivity index (χ4n) is 0. The van der Waals surface area contributed by atoms with Crippen molar-refractivity contribution in [2.24, 2.45) is 0 Å². The van der Waals surface area contributed by atoms with Crippen molar-refractivity contribution in [2.75, 3.05) is 0 Å². The molecule has 0 fully saturated rings. The highest BCUT2D eigenvalue weighted by molar-refractivity contribution is 5.86. The quantitative estimate of drug-likeness (QED) is 0.471. The van der Waals surface area contributed by atoms with Gasteiger partial charge in [0.25, 0.3) is 0 Å². The van der Waals surface area contributed by atoms with Crippen LogP contribution in [0.4, 0.5) is 0 Å². The Balaban J connectivity index is 0. The molecule has 0 spiro atoms. The lowest BCUT2D eigenvalue weighted by Crippen LogP contribution is -0.382. The van der Waals surface area contributed by atoms with E-state index in [0.717, 1.165) is 0 Å². The monoisotopic (exact) mass is 166 g/mol. The Hall–Kier alpha value is 1.29.